The van der Waals surface area contributed by atoms with Crippen molar-refractivity contribution in [3.8, 4) is 0 Å². The summed E-state index contributed by atoms with van der Waals surface area (Å²) in [5.74, 6) is -0.291. The number of carbonyl (C=O) groups is 2. The first-order valence-electron chi connectivity index (χ1n) is 14.1. The van der Waals surface area contributed by atoms with Crippen LogP contribution in [0.5, 0.6) is 0 Å². The second-order valence-corrected chi connectivity index (χ2v) is 12.2. The van der Waals surface area contributed by atoms with E-state index in [-0.39, 0.29) is 28.3 Å². The van der Waals surface area contributed by atoms with Crippen molar-refractivity contribution in [1.29, 1.82) is 0 Å². The second kappa shape index (κ2) is 9.29. The van der Waals surface area contributed by atoms with Gasteiger partial charge in [-0.2, -0.15) is 0 Å². The Morgan fingerprint density at radius 3 is 2.46 bits per heavy atom. The minimum Gasteiger partial charge on any atom is -0.477 e. The number of carboxylic acid groups (broad SMARTS) is 1. The summed E-state index contributed by atoms with van der Waals surface area (Å²) in [6.45, 7) is 9.02. The average molecular weight is 552 g/mol. The van der Waals surface area contributed by atoms with Crippen LogP contribution in [0.2, 0.25) is 0 Å². The first-order chi connectivity index (χ1) is 19.7. The maximum Gasteiger partial charge on any atom is 0.354 e. The van der Waals surface area contributed by atoms with Gasteiger partial charge in [0.05, 0.1) is 11.9 Å². The molecule has 1 spiro atoms. The molecule has 1 N–H and O–H groups in total. The van der Waals surface area contributed by atoms with Crippen molar-refractivity contribution in [1.82, 2.24) is 24.5 Å². The molecule has 7 rings (SSSR count). The van der Waals surface area contributed by atoms with Gasteiger partial charge in [0.2, 0.25) is 5.82 Å². The van der Waals surface area contributed by atoms with E-state index >= 15 is 0 Å². The van der Waals surface area contributed by atoms with Gasteiger partial charge < -0.3 is 19.8 Å². The molecule has 1 atom stereocenters. The van der Waals surface area contributed by atoms with Crippen LogP contribution in [0.3, 0.4) is 0 Å². The van der Waals surface area contributed by atoms with Crippen LogP contribution in [0.15, 0.2) is 60.8 Å². The number of carboxylic acids is 1. The molecule has 0 bridgehead atoms. The molecule has 6 heterocycles. The fraction of sp³-hybridized carbons (Fsp3) is 0.387. The molecular formula is C31H33N7O3. The van der Waals surface area contributed by atoms with E-state index in [4.69, 9.17) is 0 Å². The molecule has 3 aliphatic rings. The standard InChI is InChI=1S/C31H33N7O3/c1-21-15-23(35-13-11-30(2,17-35)22-7-4-3-5-8-22)16-38-27(21)33-26(34-38)28(39)37-19-31(20-37)12-14-36(18-31)25-10-6-9-24(32-25)29(40)41/h3-10,15-16H,11-14,17-20H2,1-2H3,(H,40,41)/t30-/m0/s1. The van der Waals surface area contributed by atoms with Gasteiger partial charge in [-0.3, -0.25) is 4.79 Å². The summed E-state index contributed by atoms with van der Waals surface area (Å²) in [4.78, 5) is 40.0. The summed E-state index contributed by atoms with van der Waals surface area (Å²) in [5.41, 5.74) is 4.26. The molecule has 3 saturated heterocycles. The van der Waals surface area contributed by atoms with Crippen molar-refractivity contribution >= 4 is 29.0 Å². The van der Waals surface area contributed by atoms with Crippen LogP contribution in [0, 0.1) is 12.3 Å². The normalized spacial score (nSPS) is 21.6. The number of pyridine rings is 2. The third kappa shape index (κ3) is 4.38. The summed E-state index contributed by atoms with van der Waals surface area (Å²) < 4.78 is 1.75. The van der Waals surface area contributed by atoms with Gasteiger partial charge in [-0.15, -0.1) is 5.10 Å². The van der Waals surface area contributed by atoms with Gasteiger partial charge in [0.15, 0.2) is 11.3 Å². The quantitative estimate of drug-likeness (QED) is 0.401. The monoisotopic (exact) mass is 551 g/mol. The summed E-state index contributed by atoms with van der Waals surface area (Å²) in [6, 6.07) is 17.9. The van der Waals surface area contributed by atoms with Gasteiger partial charge in [0, 0.05) is 50.1 Å². The van der Waals surface area contributed by atoms with E-state index in [0.717, 1.165) is 50.3 Å². The Hall–Kier alpha value is -4.47. The topological polar surface area (TPSA) is 107 Å². The van der Waals surface area contributed by atoms with E-state index in [1.165, 1.54) is 11.6 Å². The Balaban J connectivity index is 1.04. The lowest BCUT2D eigenvalue weighted by Gasteiger charge is -2.47. The number of aryl methyl sites for hydroxylation is 1. The largest absolute Gasteiger partial charge is 0.477 e. The molecule has 0 unspecified atom stereocenters. The van der Waals surface area contributed by atoms with Crippen molar-refractivity contribution in [3.05, 3.63) is 83.4 Å². The lowest BCUT2D eigenvalue weighted by Crippen LogP contribution is -2.59. The summed E-state index contributed by atoms with van der Waals surface area (Å²) in [5, 5.41) is 13.9. The fourth-order valence-electron chi connectivity index (χ4n) is 6.81. The van der Waals surface area contributed by atoms with Gasteiger partial charge in [0.25, 0.3) is 5.91 Å². The van der Waals surface area contributed by atoms with Gasteiger partial charge >= 0.3 is 5.97 Å². The minimum absolute atomic E-state index is 0.0139. The SMILES string of the molecule is Cc1cc(N2CC[C@](C)(c3ccccc3)C2)cn2nc(C(=O)N3CC4(CCN(c5cccc(C(=O)O)n5)C4)C3)nc12. The molecule has 0 aliphatic carbocycles. The summed E-state index contributed by atoms with van der Waals surface area (Å²) >= 11 is 0. The van der Waals surface area contributed by atoms with Crippen LogP contribution in [0.4, 0.5) is 11.5 Å². The smallest absolute Gasteiger partial charge is 0.354 e. The highest BCUT2D eigenvalue weighted by Crippen LogP contribution is 2.41. The Labute approximate surface area is 238 Å². The Kier molecular flexibility index (Phi) is 5.78. The van der Waals surface area contributed by atoms with Crippen molar-refractivity contribution in [3.63, 3.8) is 0 Å². The number of aromatic carboxylic acids is 1. The van der Waals surface area contributed by atoms with E-state index in [2.05, 4.69) is 68.2 Å². The van der Waals surface area contributed by atoms with Crippen LogP contribution in [-0.2, 0) is 5.41 Å². The predicted molar refractivity (Wildman–Crippen MR) is 155 cm³/mol. The van der Waals surface area contributed by atoms with E-state index < -0.39 is 5.97 Å². The Morgan fingerprint density at radius 2 is 1.68 bits per heavy atom. The number of anilines is 2. The zero-order chi connectivity index (χ0) is 28.4. The minimum atomic E-state index is -1.03. The lowest BCUT2D eigenvalue weighted by atomic mass is 9.79. The van der Waals surface area contributed by atoms with Crippen molar-refractivity contribution in [2.45, 2.75) is 32.1 Å². The van der Waals surface area contributed by atoms with Gasteiger partial charge in [-0.25, -0.2) is 19.3 Å². The zero-order valence-corrected chi connectivity index (χ0v) is 23.3. The van der Waals surface area contributed by atoms with Crippen molar-refractivity contribution in [2.24, 2.45) is 5.41 Å². The molecular weight excluding hydrogens is 518 g/mol. The molecule has 3 aromatic heterocycles. The molecule has 210 valence electrons. The lowest BCUT2D eigenvalue weighted by molar-refractivity contribution is 0.0157. The van der Waals surface area contributed by atoms with E-state index in [1.54, 1.807) is 10.6 Å². The number of benzene rings is 1. The number of carbonyl (C=O) groups excluding carboxylic acids is 1. The fourth-order valence-corrected chi connectivity index (χ4v) is 6.81. The Bertz CT molecular complexity index is 1660. The molecule has 0 radical (unpaired) electrons. The summed E-state index contributed by atoms with van der Waals surface area (Å²) in [7, 11) is 0. The van der Waals surface area contributed by atoms with Crippen LogP contribution in [0.1, 0.15) is 52.0 Å². The molecule has 3 fully saturated rings. The van der Waals surface area contributed by atoms with Gasteiger partial charge in [0.1, 0.15) is 5.82 Å². The highest BCUT2D eigenvalue weighted by molar-refractivity contribution is 5.92. The number of fused-ring (bicyclic) bond motifs is 1. The number of likely N-dealkylation sites (tertiary alicyclic amines) is 1. The molecule has 4 aromatic rings. The predicted octanol–water partition coefficient (Wildman–Crippen LogP) is 3.65. The second-order valence-electron chi connectivity index (χ2n) is 12.2. The number of rotatable bonds is 5. The summed E-state index contributed by atoms with van der Waals surface area (Å²) in [6.07, 6.45) is 3.99. The molecule has 10 heteroatoms. The number of amides is 1. The molecule has 41 heavy (non-hydrogen) atoms. The third-order valence-corrected chi connectivity index (χ3v) is 9.16. The average Bonchev–Trinajstić information content (AvgIpc) is 3.70. The number of hydrogen-bond acceptors (Lipinski definition) is 7. The molecule has 3 aliphatic heterocycles. The third-order valence-electron chi connectivity index (χ3n) is 9.16. The maximum atomic E-state index is 13.4. The number of aromatic nitrogens is 4. The molecule has 1 aromatic carbocycles. The maximum absolute atomic E-state index is 13.4. The van der Waals surface area contributed by atoms with E-state index in [1.807, 2.05) is 24.1 Å². The van der Waals surface area contributed by atoms with Crippen LogP contribution >= 0.6 is 0 Å². The van der Waals surface area contributed by atoms with E-state index in [0.29, 0.717) is 24.6 Å². The molecule has 0 saturated carbocycles. The van der Waals surface area contributed by atoms with Crippen LogP contribution in [0.25, 0.3) is 5.65 Å². The highest BCUT2D eigenvalue weighted by atomic mass is 16.4. The molecule has 10 nitrogen and oxygen atoms in total. The first-order valence-corrected chi connectivity index (χ1v) is 14.1. The van der Waals surface area contributed by atoms with Crippen molar-refractivity contribution < 1.29 is 14.7 Å². The van der Waals surface area contributed by atoms with Crippen LogP contribution in [-0.4, -0.2) is 80.7 Å². The van der Waals surface area contributed by atoms with Crippen LogP contribution < -0.4 is 9.80 Å². The molecule has 1 amide bonds. The zero-order valence-electron chi connectivity index (χ0n) is 23.3. The van der Waals surface area contributed by atoms with E-state index in [9.17, 15) is 14.7 Å². The highest BCUT2D eigenvalue weighted by Gasteiger charge is 2.50. The first kappa shape index (κ1) is 25.5. The van der Waals surface area contributed by atoms with Gasteiger partial charge in [-0.1, -0.05) is 43.3 Å². The Morgan fingerprint density at radius 1 is 0.902 bits per heavy atom. The van der Waals surface area contributed by atoms with Gasteiger partial charge in [-0.05, 0) is 49.1 Å². The van der Waals surface area contributed by atoms with Crippen molar-refractivity contribution in [2.75, 3.05) is 49.1 Å². The number of nitrogens with zero attached hydrogens (tertiary/aromatic N) is 7. The number of hydrogen-bond donors (Lipinski definition) is 1.